The summed E-state index contributed by atoms with van der Waals surface area (Å²) in [5.41, 5.74) is 0.861. The Labute approximate surface area is 100 Å². The van der Waals surface area contributed by atoms with Gasteiger partial charge in [-0.3, -0.25) is 0 Å². The number of carbonyl (C=O) groups excluding carboxylic acids is 2. The molecule has 5 heteroatoms. The molecule has 0 aliphatic heterocycles. The first-order valence-electron chi connectivity index (χ1n) is 5.07. The Balaban J connectivity index is 0.000000557. The van der Waals surface area contributed by atoms with Gasteiger partial charge >= 0.3 is 5.97 Å². The fourth-order valence-corrected chi connectivity index (χ4v) is 0.999. The van der Waals surface area contributed by atoms with Gasteiger partial charge in [-0.1, -0.05) is 30.3 Å². The van der Waals surface area contributed by atoms with Gasteiger partial charge in [-0.05, 0) is 19.4 Å². The molecule has 0 fully saturated rings. The van der Waals surface area contributed by atoms with Crippen LogP contribution in [0, 0.1) is 0 Å². The number of ketones is 1. The second-order valence-corrected chi connectivity index (χ2v) is 3.55. The molecule has 1 rings (SSSR count). The fraction of sp³-hybridized carbons (Fsp3) is 0.333. The van der Waals surface area contributed by atoms with Crippen LogP contribution in [0.25, 0.3) is 0 Å². The van der Waals surface area contributed by atoms with Crippen molar-refractivity contribution in [2.24, 2.45) is 5.90 Å². The van der Waals surface area contributed by atoms with Crippen LogP contribution in [-0.4, -0.2) is 23.0 Å². The normalized spacial score (nSPS) is 10.8. The molecule has 1 aromatic rings. The highest BCUT2D eigenvalue weighted by Gasteiger charge is 2.15. The molecule has 0 aliphatic carbocycles. The molecule has 0 saturated heterocycles. The maximum Gasteiger partial charge on any atom is 0.353 e. The molecule has 17 heavy (non-hydrogen) atoms. The van der Waals surface area contributed by atoms with E-state index in [-0.39, 0.29) is 12.2 Å². The van der Waals surface area contributed by atoms with Gasteiger partial charge in [-0.2, -0.15) is 5.90 Å². The van der Waals surface area contributed by atoms with Gasteiger partial charge in [-0.25, -0.2) is 4.79 Å². The summed E-state index contributed by atoms with van der Waals surface area (Å²) >= 11 is 0. The lowest BCUT2D eigenvalue weighted by Crippen LogP contribution is -2.27. The summed E-state index contributed by atoms with van der Waals surface area (Å²) in [6, 6.07) is 9.14. The van der Waals surface area contributed by atoms with Crippen molar-refractivity contribution in [2.75, 3.05) is 0 Å². The van der Waals surface area contributed by atoms with Crippen LogP contribution in [0.2, 0.25) is 0 Å². The van der Waals surface area contributed by atoms with E-state index in [4.69, 9.17) is 0 Å². The summed E-state index contributed by atoms with van der Waals surface area (Å²) < 4.78 is 0. The summed E-state index contributed by atoms with van der Waals surface area (Å²) in [4.78, 5) is 24.1. The third-order valence-corrected chi connectivity index (χ3v) is 1.66. The molecule has 0 heterocycles. The maximum absolute atomic E-state index is 10.7. The number of rotatable bonds is 3. The van der Waals surface area contributed by atoms with E-state index in [2.05, 4.69) is 10.7 Å². The number of carbonyl (C=O) groups is 2. The number of nitrogens with two attached hydrogens (primary N) is 1. The third-order valence-electron chi connectivity index (χ3n) is 1.66. The number of hydrogen-bond acceptors (Lipinski definition) is 5. The van der Waals surface area contributed by atoms with Crippen LogP contribution in [0.4, 0.5) is 0 Å². The molecule has 1 atom stereocenters. The van der Waals surface area contributed by atoms with Gasteiger partial charge in [0, 0.05) is 6.42 Å². The highest BCUT2D eigenvalue weighted by molar-refractivity contribution is 5.74. The van der Waals surface area contributed by atoms with E-state index in [9.17, 15) is 14.7 Å². The number of benzene rings is 1. The van der Waals surface area contributed by atoms with Crippen LogP contribution in [0.5, 0.6) is 0 Å². The van der Waals surface area contributed by atoms with Crippen molar-refractivity contribution in [1.82, 2.24) is 0 Å². The summed E-state index contributed by atoms with van der Waals surface area (Å²) in [6.07, 6.45) is -0.968. The van der Waals surface area contributed by atoms with Crippen LogP contribution < -0.4 is 5.90 Å². The van der Waals surface area contributed by atoms with E-state index in [1.165, 1.54) is 13.8 Å². The Morgan fingerprint density at radius 1 is 1.29 bits per heavy atom. The number of aliphatic hydroxyl groups excluding tert-OH is 1. The van der Waals surface area contributed by atoms with Gasteiger partial charge in [0.1, 0.15) is 5.78 Å². The summed E-state index contributed by atoms with van der Waals surface area (Å²) in [7, 11) is 0. The molecule has 0 aliphatic rings. The summed E-state index contributed by atoms with van der Waals surface area (Å²) in [5, 5.41) is 9.22. The predicted molar refractivity (Wildman–Crippen MR) is 62.8 cm³/mol. The van der Waals surface area contributed by atoms with Crippen molar-refractivity contribution in [3.05, 3.63) is 35.9 Å². The minimum absolute atomic E-state index is 0.167. The van der Waals surface area contributed by atoms with Crippen LogP contribution in [0.3, 0.4) is 0 Å². The van der Waals surface area contributed by atoms with Crippen molar-refractivity contribution in [3.63, 3.8) is 0 Å². The molecule has 0 spiro atoms. The fourth-order valence-electron chi connectivity index (χ4n) is 0.999. The molecule has 5 nitrogen and oxygen atoms in total. The van der Waals surface area contributed by atoms with Gasteiger partial charge < -0.3 is 14.7 Å². The highest BCUT2D eigenvalue weighted by atomic mass is 16.7. The van der Waals surface area contributed by atoms with E-state index in [0.29, 0.717) is 0 Å². The van der Waals surface area contributed by atoms with Crippen LogP contribution >= 0.6 is 0 Å². The minimum atomic E-state index is -1.19. The van der Waals surface area contributed by atoms with Crippen molar-refractivity contribution >= 4 is 11.8 Å². The molecule has 0 radical (unpaired) electrons. The number of aliphatic hydroxyl groups is 1. The Kier molecular flexibility index (Phi) is 7.58. The van der Waals surface area contributed by atoms with E-state index < -0.39 is 12.1 Å². The molecule has 0 amide bonds. The van der Waals surface area contributed by atoms with E-state index in [0.717, 1.165) is 5.56 Å². The molecule has 0 aromatic heterocycles. The SMILES string of the molecule is CC(C)=O.NOC(=O)C(O)Cc1ccccc1. The Morgan fingerprint density at radius 3 is 2.18 bits per heavy atom. The molecule has 0 saturated carbocycles. The van der Waals surface area contributed by atoms with Gasteiger partial charge in [0.15, 0.2) is 6.10 Å². The van der Waals surface area contributed by atoms with Crippen molar-refractivity contribution in [1.29, 1.82) is 0 Å². The molecule has 0 bridgehead atoms. The molecular weight excluding hydrogens is 222 g/mol. The van der Waals surface area contributed by atoms with E-state index in [1.54, 1.807) is 0 Å². The van der Waals surface area contributed by atoms with Gasteiger partial charge in [-0.15, -0.1) is 0 Å². The van der Waals surface area contributed by atoms with Gasteiger partial charge in [0.05, 0.1) is 0 Å². The van der Waals surface area contributed by atoms with Crippen molar-refractivity contribution in [3.8, 4) is 0 Å². The number of hydrogen-bond donors (Lipinski definition) is 2. The Bertz CT molecular complexity index is 347. The predicted octanol–water partition coefficient (Wildman–Crippen LogP) is 0.602. The Hall–Kier alpha value is -1.72. The highest BCUT2D eigenvalue weighted by Crippen LogP contribution is 2.03. The van der Waals surface area contributed by atoms with Crippen LogP contribution in [0.1, 0.15) is 19.4 Å². The summed E-state index contributed by atoms with van der Waals surface area (Å²) in [5.74, 6) is 3.97. The monoisotopic (exact) mass is 239 g/mol. The van der Waals surface area contributed by atoms with Crippen molar-refractivity contribution < 1.29 is 19.5 Å². The number of Topliss-reactive ketones (excluding diaryl/α,β-unsaturated/α-hetero) is 1. The van der Waals surface area contributed by atoms with E-state index in [1.807, 2.05) is 30.3 Å². The average Bonchev–Trinajstić information content (AvgIpc) is 2.28. The zero-order chi connectivity index (χ0) is 13.3. The molecule has 3 N–H and O–H groups in total. The smallest absolute Gasteiger partial charge is 0.353 e. The lowest BCUT2D eigenvalue weighted by molar-refractivity contribution is -0.154. The molecule has 1 unspecified atom stereocenters. The molecular formula is C12H17NO4. The first-order chi connectivity index (χ1) is 7.97. The van der Waals surface area contributed by atoms with Crippen LogP contribution in [0.15, 0.2) is 30.3 Å². The zero-order valence-electron chi connectivity index (χ0n) is 9.92. The van der Waals surface area contributed by atoms with Gasteiger partial charge in [0.2, 0.25) is 0 Å². The largest absolute Gasteiger partial charge is 0.381 e. The lowest BCUT2D eigenvalue weighted by Gasteiger charge is -2.06. The second-order valence-electron chi connectivity index (χ2n) is 3.55. The quantitative estimate of drug-likeness (QED) is 0.754. The van der Waals surface area contributed by atoms with E-state index >= 15 is 0 Å². The van der Waals surface area contributed by atoms with Crippen LogP contribution in [-0.2, 0) is 20.8 Å². The summed E-state index contributed by atoms with van der Waals surface area (Å²) in [6.45, 7) is 3.06. The average molecular weight is 239 g/mol. The third kappa shape index (κ3) is 8.12. The second kappa shape index (κ2) is 8.43. The van der Waals surface area contributed by atoms with Gasteiger partial charge in [0.25, 0.3) is 0 Å². The first-order valence-corrected chi connectivity index (χ1v) is 5.07. The standard InChI is InChI=1S/C9H11NO3.C3H6O/c10-13-9(12)8(11)6-7-4-2-1-3-5-7;1-3(2)4/h1-5,8,11H,6,10H2;1-2H3. The lowest BCUT2D eigenvalue weighted by atomic mass is 10.1. The molecule has 1 aromatic carbocycles. The minimum Gasteiger partial charge on any atom is -0.381 e. The van der Waals surface area contributed by atoms with Crippen molar-refractivity contribution in [2.45, 2.75) is 26.4 Å². The Morgan fingerprint density at radius 2 is 1.76 bits per heavy atom. The first kappa shape index (κ1) is 15.3. The maximum atomic E-state index is 10.7. The topological polar surface area (TPSA) is 89.6 Å². The molecule has 94 valence electrons. The zero-order valence-corrected chi connectivity index (χ0v) is 9.92.